The van der Waals surface area contributed by atoms with Gasteiger partial charge in [0.15, 0.2) is 0 Å². The number of anilines is 1. The number of likely N-dealkylation sites (tertiary alicyclic amines) is 1. The Morgan fingerprint density at radius 1 is 1.16 bits per heavy atom. The van der Waals surface area contributed by atoms with Gasteiger partial charge >= 0.3 is 6.09 Å². The predicted molar refractivity (Wildman–Crippen MR) is 99.6 cm³/mol. The summed E-state index contributed by atoms with van der Waals surface area (Å²) >= 11 is 0. The lowest BCUT2D eigenvalue weighted by atomic mass is 9.93. The monoisotopic (exact) mass is 346 g/mol. The molecule has 2 amide bonds. The molecule has 0 aromatic heterocycles. The van der Waals surface area contributed by atoms with Gasteiger partial charge in [0.2, 0.25) is 5.91 Å². The van der Waals surface area contributed by atoms with Crippen LogP contribution in [-0.4, -0.2) is 42.1 Å². The van der Waals surface area contributed by atoms with Crippen LogP contribution in [0.2, 0.25) is 0 Å². The lowest BCUT2D eigenvalue weighted by Gasteiger charge is -2.34. The molecule has 0 aliphatic carbocycles. The second-order valence-electron chi connectivity index (χ2n) is 7.59. The molecule has 1 heterocycles. The van der Waals surface area contributed by atoms with Crippen molar-refractivity contribution in [2.75, 3.05) is 24.5 Å². The Morgan fingerprint density at radius 2 is 1.76 bits per heavy atom. The SMILES string of the molecule is CCN(C(=O)CC1CCN(C(=O)OC(C)(C)C)CC1)c1ccccc1. The van der Waals surface area contributed by atoms with Gasteiger partial charge in [-0.3, -0.25) is 4.79 Å². The molecule has 5 nitrogen and oxygen atoms in total. The number of piperidine rings is 1. The number of amides is 2. The van der Waals surface area contributed by atoms with Crippen LogP contribution < -0.4 is 4.90 Å². The number of benzene rings is 1. The molecule has 0 radical (unpaired) electrons. The van der Waals surface area contributed by atoms with E-state index in [1.165, 1.54) is 0 Å². The lowest BCUT2D eigenvalue weighted by molar-refractivity contribution is -0.119. The number of ether oxygens (including phenoxy) is 1. The van der Waals surface area contributed by atoms with Gasteiger partial charge in [-0.05, 0) is 58.6 Å². The standard InChI is InChI=1S/C20H30N2O3/c1-5-22(17-9-7-6-8-10-17)18(23)15-16-11-13-21(14-12-16)19(24)25-20(2,3)4/h6-10,16H,5,11-15H2,1-4H3. The maximum atomic E-state index is 12.7. The van der Waals surface area contributed by atoms with Crippen LogP contribution in [0.5, 0.6) is 0 Å². The molecular weight excluding hydrogens is 316 g/mol. The normalized spacial score (nSPS) is 15.8. The van der Waals surface area contributed by atoms with E-state index in [0.29, 0.717) is 32.0 Å². The fraction of sp³-hybridized carbons (Fsp3) is 0.600. The summed E-state index contributed by atoms with van der Waals surface area (Å²) in [5, 5.41) is 0. The molecule has 1 aliphatic heterocycles. The van der Waals surface area contributed by atoms with Crippen molar-refractivity contribution < 1.29 is 14.3 Å². The number of carbonyl (C=O) groups is 2. The van der Waals surface area contributed by atoms with Gasteiger partial charge in [0.1, 0.15) is 5.60 Å². The fourth-order valence-electron chi connectivity index (χ4n) is 3.11. The van der Waals surface area contributed by atoms with Gasteiger partial charge in [0.25, 0.3) is 0 Å². The van der Waals surface area contributed by atoms with Crippen LogP contribution in [0.25, 0.3) is 0 Å². The molecule has 0 atom stereocenters. The van der Waals surface area contributed by atoms with Gasteiger partial charge in [-0.2, -0.15) is 0 Å². The topological polar surface area (TPSA) is 49.9 Å². The third-order valence-electron chi connectivity index (χ3n) is 4.41. The van der Waals surface area contributed by atoms with E-state index in [9.17, 15) is 9.59 Å². The average Bonchev–Trinajstić information content (AvgIpc) is 2.55. The first-order valence-corrected chi connectivity index (χ1v) is 9.13. The summed E-state index contributed by atoms with van der Waals surface area (Å²) in [6, 6.07) is 9.78. The van der Waals surface area contributed by atoms with Crippen molar-refractivity contribution in [3.8, 4) is 0 Å². The second-order valence-corrected chi connectivity index (χ2v) is 7.59. The van der Waals surface area contributed by atoms with Gasteiger partial charge < -0.3 is 14.5 Å². The molecule has 1 aromatic rings. The Bertz CT molecular complexity index is 572. The second kappa shape index (κ2) is 8.37. The Balaban J connectivity index is 1.85. The molecule has 0 unspecified atom stereocenters. The smallest absolute Gasteiger partial charge is 0.410 e. The maximum Gasteiger partial charge on any atom is 0.410 e. The molecule has 0 N–H and O–H groups in total. The van der Waals surface area contributed by atoms with Gasteiger partial charge in [-0.15, -0.1) is 0 Å². The molecule has 25 heavy (non-hydrogen) atoms. The van der Waals surface area contributed by atoms with Crippen LogP contribution in [0.4, 0.5) is 10.5 Å². The third kappa shape index (κ3) is 5.76. The van der Waals surface area contributed by atoms with E-state index in [-0.39, 0.29) is 12.0 Å². The number of hydrogen-bond acceptors (Lipinski definition) is 3. The van der Waals surface area contributed by atoms with E-state index in [1.807, 2.05) is 62.9 Å². The zero-order valence-electron chi connectivity index (χ0n) is 15.8. The molecule has 1 aromatic carbocycles. The van der Waals surface area contributed by atoms with Crippen molar-refractivity contribution in [1.82, 2.24) is 4.90 Å². The minimum atomic E-state index is -0.471. The summed E-state index contributed by atoms with van der Waals surface area (Å²) in [5.74, 6) is 0.480. The van der Waals surface area contributed by atoms with Crippen molar-refractivity contribution in [1.29, 1.82) is 0 Å². The molecule has 138 valence electrons. The first-order valence-electron chi connectivity index (χ1n) is 9.13. The van der Waals surface area contributed by atoms with Gasteiger partial charge in [0, 0.05) is 31.7 Å². The number of hydrogen-bond donors (Lipinski definition) is 0. The summed E-state index contributed by atoms with van der Waals surface area (Å²) in [4.78, 5) is 28.4. The molecule has 0 spiro atoms. The quantitative estimate of drug-likeness (QED) is 0.825. The highest BCUT2D eigenvalue weighted by molar-refractivity contribution is 5.93. The van der Waals surface area contributed by atoms with Crippen molar-refractivity contribution in [3.63, 3.8) is 0 Å². The zero-order valence-corrected chi connectivity index (χ0v) is 15.8. The van der Waals surface area contributed by atoms with Crippen LogP contribution >= 0.6 is 0 Å². The lowest BCUT2D eigenvalue weighted by Crippen LogP contribution is -2.42. The van der Waals surface area contributed by atoms with E-state index >= 15 is 0 Å². The van der Waals surface area contributed by atoms with E-state index in [4.69, 9.17) is 4.74 Å². The maximum absolute atomic E-state index is 12.7. The van der Waals surface area contributed by atoms with Gasteiger partial charge in [-0.25, -0.2) is 4.79 Å². The number of carbonyl (C=O) groups excluding carboxylic acids is 2. The molecule has 1 aliphatic rings. The average molecular weight is 346 g/mol. The number of para-hydroxylation sites is 1. The van der Waals surface area contributed by atoms with Crippen molar-refractivity contribution in [3.05, 3.63) is 30.3 Å². The van der Waals surface area contributed by atoms with Gasteiger partial charge in [-0.1, -0.05) is 18.2 Å². The molecule has 2 rings (SSSR count). The minimum absolute atomic E-state index is 0.157. The van der Waals surface area contributed by atoms with Crippen molar-refractivity contribution in [2.24, 2.45) is 5.92 Å². The summed E-state index contributed by atoms with van der Waals surface area (Å²) in [6.07, 6.45) is 1.97. The zero-order chi connectivity index (χ0) is 18.4. The fourth-order valence-corrected chi connectivity index (χ4v) is 3.11. The van der Waals surface area contributed by atoms with Crippen molar-refractivity contribution >= 4 is 17.7 Å². The summed E-state index contributed by atoms with van der Waals surface area (Å²) in [5.41, 5.74) is 0.475. The third-order valence-corrected chi connectivity index (χ3v) is 4.41. The Morgan fingerprint density at radius 3 is 2.28 bits per heavy atom. The molecule has 0 bridgehead atoms. The van der Waals surface area contributed by atoms with Crippen molar-refractivity contribution in [2.45, 2.75) is 52.6 Å². The first-order chi connectivity index (χ1) is 11.8. The van der Waals surface area contributed by atoms with Gasteiger partial charge in [0.05, 0.1) is 0 Å². The first kappa shape index (κ1) is 19.3. The summed E-state index contributed by atoms with van der Waals surface area (Å²) in [6.45, 7) is 9.60. The summed E-state index contributed by atoms with van der Waals surface area (Å²) in [7, 11) is 0. The van der Waals surface area contributed by atoms with Crippen LogP contribution in [0.15, 0.2) is 30.3 Å². The summed E-state index contributed by atoms with van der Waals surface area (Å²) < 4.78 is 5.42. The molecule has 0 saturated carbocycles. The molecule has 1 fully saturated rings. The van der Waals surface area contributed by atoms with E-state index < -0.39 is 5.60 Å². The highest BCUT2D eigenvalue weighted by atomic mass is 16.6. The Hall–Kier alpha value is -2.04. The molecule has 1 saturated heterocycles. The Kier molecular flexibility index (Phi) is 6.45. The predicted octanol–water partition coefficient (Wildman–Crippen LogP) is 4.08. The van der Waals surface area contributed by atoms with E-state index in [1.54, 1.807) is 4.90 Å². The highest BCUT2D eigenvalue weighted by Crippen LogP contribution is 2.24. The highest BCUT2D eigenvalue weighted by Gasteiger charge is 2.28. The van der Waals surface area contributed by atoms with Crippen LogP contribution in [0.1, 0.15) is 47.0 Å². The molecule has 5 heteroatoms. The minimum Gasteiger partial charge on any atom is -0.444 e. The van der Waals surface area contributed by atoms with Crippen LogP contribution in [-0.2, 0) is 9.53 Å². The number of rotatable bonds is 4. The molecular formula is C20H30N2O3. The van der Waals surface area contributed by atoms with E-state index in [2.05, 4.69) is 0 Å². The Labute approximate surface area is 150 Å². The van der Waals surface area contributed by atoms with Crippen LogP contribution in [0.3, 0.4) is 0 Å². The largest absolute Gasteiger partial charge is 0.444 e. The van der Waals surface area contributed by atoms with Crippen LogP contribution in [0, 0.1) is 5.92 Å². The number of nitrogens with zero attached hydrogens (tertiary/aromatic N) is 2. The van der Waals surface area contributed by atoms with E-state index in [0.717, 1.165) is 18.5 Å².